The average Bonchev–Trinajstić information content (AvgIpc) is 2.81. The number of halogens is 3. The van der Waals surface area contributed by atoms with Crippen LogP contribution in [0, 0.1) is 0 Å². The van der Waals surface area contributed by atoms with Crippen LogP contribution in [-0.2, 0) is 4.79 Å². The van der Waals surface area contributed by atoms with Crippen molar-refractivity contribution in [3.05, 3.63) is 30.1 Å². The van der Waals surface area contributed by atoms with Crippen LogP contribution in [0.25, 0.3) is 0 Å². The zero-order valence-electron chi connectivity index (χ0n) is 17.8. The summed E-state index contributed by atoms with van der Waals surface area (Å²) in [5.74, 6) is 0.219. The van der Waals surface area contributed by atoms with Gasteiger partial charge in [-0.05, 0) is 56.4 Å². The third kappa shape index (κ3) is 5.66. The lowest BCUT2D eigenvalue weighted by Crippen LogP contribution is -2.31. The molecule has 2 aromatic rings. The van der Waals surface area contributed by atoms with Gasteiger partial charge in [0.25, 0.3) is 0 Å². The third-order valence-corrected chi connectivity index (χ3v) is 5.91. The van der Waals surface area contributed by atoms with Gasteiger partial charge in [-0.1, -0.05) is 19.3 Å². The molecule has 2 aliphatic rings. The van der Waals surface area contributed by atoms with Crippen molar-refractivity contribution >= 4 is 29.2 Å². The van der Waals surface area contributed by atoms with E-state index in [-0.39, 0.29) is 5.69 Å². The van der Waals surface area contributed by atoms with E-state index in [1.807, 2.05) is 5.32 Å². The van der Waals surface area contributed by atoms with Crippen molar-refractivity contribution in [2.45, 2.75) is 63.5 Å². The predicted octanol–water partition coefficient (Wildman–Crippen LogP) is 5.15. The summed E-state index contributed by atoms with van der Waals surface area (Å²) >= 11 is 0. The highest BCUT2D eigenvalue weighted by atomic mass is 19.4. The molecule has 32 heavy (non-hydrogen) atoms. The van der Waals surface area contributed by atoms with Crippen molar-refractivity contribution in [3.63, 3.8) is 0 Å². The topological polar surface area (TPSA) is 83.0 Å². The number of carbonyl (C=O) groups is 1. The number of piperidine rings is 1. The summed E-state index contributed by atoms with van der Waals surface area (Å²) < 4.78 is 37.3. The first kappa shape index (κ1) is 22.3. The first-order valence-electron chi connectivity index (χ1n) is 11.1. The molecule has 1 saturated carbocycles. The number of benzene rings is 1. The van der Waals surface area contributed by atoms with Crippen molar-refractivity contribution in [3.8, 4) is 0 Å². The molecule has 10 heteroatoms. The number of hydrogen-bond acceptors (Lipinski definition) is 6. The van der Waals surface area contributed by atoms with E-state index in [2.05, 4.69) is 20.2 Å². The van der Waals surface area contributed by atoms with Gasteiger partial charge in [0, 0.05) is 30.4 Å². The molecule has 1 aliphatic heterocycles. The van der Waals surface area contributed by atoms with Crippen molar-refractivity contribution in [2.24, 2.45) is 0 Å². The monoisotopic (exact) mass is 448 g/mol. The number of nitrogens with one attached hydrogen (secondary N) is 2. The van der Waals surface area contributed by atoms with Crippen LogP contribution >= 0.6 is 0 Å². The van der Waals surface area contributed by atoms with Crippen LogP contribution in [0.3, 0.4) is 0 Å². The molecule has 2 N–H and O–H groups in total. The van der Waals surface area contributed by atoms with Gasteiger partial charge in [0.1, 0.15) is 5.82 Å². The number of rotatable bonds is 5. The minimum atomic E-state index is -4.93. The highest BCUT2D eigenvalue weighted by molar-refractivity contribution is 5.95. The van der Waals surface area contributed by atoms with Gasteiger partial charge in [-0.15, -0.1) is 0 Å². The Morgan fingerprint density at radius 1 is 0.875 bits per heavy atom. The average molecular weight is 448 g/mol. The van der Waals surface area contributed by atoms with Crippen molar-refractivity contribution in [1.82, 2.24) is 15.0 Å². The Morgan fingerprint density at radius 2 is 1.50 bits per heavy atom. The van der Waals surface area contributed by atoms with Gasteiger partial charge in [0.15, 0.2) is 0 Å². The smallest absolute Gasteiger partial charge is 0.341 e. The van der Waals surface area contributed by atoms with E-state index in [9.17, 15) is 18.0 Å². The summed E-state index contributed by atoms with van der Waals surface area (Å²) in [7, 11) is 0. The van der Waals surface area contributed by atoms with Gasteiger partial charge >= 0.3 is 12.1 Å². The summed E-state index contributed by atoms with van der Waals surface area (Å²) in [6.45, 7) is 1.84. The molecule has 0 spiro atoms. The minimum Gasteiger partial charge on any atom is -0.341 e. The van der Waals surface area contributed by atoms with E-state index < -0.39 is 12.1 Å². The van der Waals surface area contributed by atoms with E-state index in [4.69, 9.17) is 4.98 Å². The Hall–Kier alpha value is -2.91. The Labute approximate surface area is 184 Å². The molecular weight excluding hydrogens is 421 g/mol. The summed E-state index contributed by atoms with van der Waals surface area (Å²) in [5.41, 5.74) is 0.672. The summed E-state index contributed by atoms with van der Waals surface area (Å²) in [5, 5.41) is 4.99. The lowest BCUT2D eigenvalue weighted by atomic mass is 9.89. The van der Waals surface area contributed by atoms with Crippen LogP contribution < -0.4 is 15.5 Å². The zero-order chi connectivity index (χ0) is 22.6. The van der Waals surface area contributed by atoms with Gasteiger partial charge in [-0.25, -0.2) is 0 Å². The number of alkyl halides is 3. The molecule has 1 aliphatic carbocycles. The van der Waals surface area contributed by atoms with Gasteiger partial charge in [-0.3, -0.25) is 4.79 Å². The minimum absolute atomic E-state index is 0.0606. The Bertz CT molecular complexity index is 886. The highest BCUT2D eigenvalue weighted by Crippen LogP contribution is 2.32. The molecule has 0 unspecified atom stereocenters. The molecule has 7 nitrogen and oxygen atoms in total. The van der Waals surface area contributed by atoms with Crippen LogP contribution in [0.4, 0.5) is 36.4 Å². The zero-order valence-corrected chi connectivity index (χ0v) is 17.8. The maximum atomic E-state index is 12.4. The first-order chi connectivity index (χ1) is 15.4. The third-order valence-electron chi connectivity index (χ3n) is 5.91. The van der Waals surface area contributed by atoms with Crippen molar-refractivity contribution in [2.75, 3.05) is 28.6 Å². The second-order valence-electron chi connectivity index (χ2n) is 8.35. The molecule has 1 aromatic heterocycles. The first-order valence-corrected chi connectivity index (χ1v) is 11.1. The Morgan fingerprint density at radius 3 is 2.16 bits per heavy atom. The summed E-state index contributed by atoms with van der Waals surface area (Å²) in [6.07, 6.45) is 4.21. The molecule has 0 radical (unpaired) electrons. The SMILES string of the molecule is O=C(Nc1ccc(Nc2nc(C3CCCCC3)nc(N3CCCCC3)n2)cc1)C(F)(F)F. The van der Waals surface area contributed by atoms with Crippen LogP contribution in [0.15, 0.2) is 24.3 Å². The lowest BCUT2D eigenvalue weighted by molar-refractivity contribution is -0.167. The number of amides is 1. The van der Waals surface area contributed by atoms with E-state index in [0.717, 1.165) is 44.6 Å². The maximum absolute atomic E-state index is 12.4. The molecule has 0 bridgehead atoms. The van der Waals surface area contributed by atoms with Gasteiger partial charge < -0.3 is 15.5 Å². The molecule has 2 fully saturated rings. The normalized spacial score (nSPS) is 17.8. The molecule has 4 rings (SSSR count). The Kier molecular flexibility index (Phi) is 6.76. The largest absolute Gasteiger partial charge is 0.471 e. The van der Waals surface area contributed by atoms with E-state index in [1.54, 1.807) is 12.1 Å². The maximum Gasteiger partial charge on any atom is 0.471 e. The van der Waals surface area contributed by atoms with Gasteiger partial charge in [0.2, 0.25) is 11.9 Å². The Balaban J connectivity index is 1.53. The predicted molar refractivity (Wildman–Crippen MR) is 116 cm³/mol. The van der Waals surface area contributed by atoms with Crippen LogP contribution in [0.2, 0.25) is 0 Å². The number of hydrogen-bond donors (Lipinski definition) is 2. The fourth-order valence-corrected chi connectivity index (χ4v) is 4.18. The number of anilines is 4. The molecule has 1 amide bonds. The van der Waals surface area contributed by atoms with E-state index in [0.29, 0.717) is 23.5 Å². The summed E-state index contributed by atoms with van der Waals surface area (Å²) in [6, 6.07) is 5.97. The number of carbonyl (C=O) groups excluding carboxylic acids is 1. The van der Waals surface area contributed by atoms with Crippen LogP contribution in [-0.4, -0.2) is 40.1 Å². The summed E-state index contributed by atoms with van der Waals surface area (Å²) in [4.78, 5) is 27.4. The van der Waals surface area contributed by atoms with Gasteiger partial charge in [-0.2, -0.15) is 28.1 Å². The standard InChI is InChI=1S/C22H27F3N6O/c23-22(24,25)19(32)26-16-9-11-17(12-10-16)27-20-28-18(15-7-3-1-4-8-15)29-21(30-20)31-13-5-2-6-14-31/h9-12,15H,1-8,13-14H2,(H,26,32)(H,27,28,29,30). The molecule has 2 heterocycles. The van der Waals surface area contributed by atoms with Crippen LogP contribution in [0.5, 0.6) is 0 Å². The quantitative estimate of drug-likeness (QED) is 0.658. The van der Waals surface area contributed by atoms with Crippen molar-refractivity contribution < 1.29 is 18.0 Å². The van der Waals surface area contributed by atoms with E-state index in [1.165, 1.54) is 37.8 Å². The fourth-order valence-electron chi connectivity index (χ4n) is 4.18. The second-order valence-corrected chi connectivity index (χ2v) is 8.35. The van der Waals surface area contributed by atoms with Crippen LogP contribution in [0.1, 0.15) is 63.1 Å². The molecule has 1 aromatic carbocycles. The number of nitrogens with zero attached hydrogens (tertiary/aromatic N) is 4. The second kappa shape index (κ2) is 9.70. The molecule has 172 valence electrons. The highest BCUT2D eigenvalue weighted by Gasteiger charge is 2.38. The van der Waals surface area contributed by atoms with Crippen molar-refractivity contribution in [1.29, 1.82) is 0 Å². The lowest BCUT2D eigenvalue weighted by Gasteiger charge is -2.28. The van der Waals surface area contributed by atoms with E-state index >= 15 is 0 Å². The van der Waals surface area contributed by atoms with Gasteiger partial charge in [0.05, 0.1) is 0 Å². The number of aromatic nitrogens is 3. The molecule has 0 atom stereocenters. The fraction of sp³-hybridized carbons (Fsp3) is 0.545. The molecular formula is C22H27F3N6O. The molecule has 1 saturated heterocycles.